The first kappa shape index (κ1) is 14.2. The Morgan fingerprint density at radius 2 is 1.69 bits per heavy atom. The van der Waals surface area contributed by atoms with Crippen LogP contribution >= 0.6 is 0 Å². The molecule has 0 aromatic carbocycles. The molecule has 0 fully saturated rings. The van der Waals surface area contributed by atoms with E-state index in [-0.39, 0.29) is 12.0 Å². The molecule has 0 aliphatic carbocycles. The van der Waals surface area contributed by atoms with Gasteiger partial charge in [0.2, 0.25) is 0 Å². The van der Waals surface area contributed by atoms with Gasteiger partial charge in [0, 0.05) is 25.9 Å². The topological polar surface area (TPSA) is 72.9 Å². The third-order valence-electron chi connectivity index (χ3n) is 1.64. The molecule has 0 radical (unpaired) electrons. The monoisotopic (exact) mass is 229 g/mol. The largest absolute Gasteiger partial charge is 0.469 e. The molecule has 0 bridgehead atoms. The smallest absolute Gasteiger partial charge is 0.379 e. The van der Waals surface area contributed by atoms with Gasteiger partial charge >= 0.3 is 11.9 Å². The molecule has 0 saturated heterocycles. The number of ether oxygens (including phenoxy) is 2. The van der Waals surface area contributed by atoms with Crippen LogP contribution in [0.4, 0.5) is 0 Å². The van der Waals surface area contributed by atoms with E-state index in [1.54, 1.807) is 19.0 Å². The van der Waals surface area contributed by atoms with Crippen LogP contribution < -0.4 is 0 Å². The van der Waals surface area contributed by atoms with E-state index in [0.717, 1.165) is 7.11 Å². The number of nitrogens with zero attached hydrogens (tertiary/aromatic N) is 1. The second-order valence-corrected chi connectivity index (χ2v) is 3.19. The Hall–Kier alpha value is -1.85. The molecule has 6 nitrogen and oxygen atoms in total. The van der Waals surface area contributed by atoms with Crippen LogP contribution in [0.25, 0.3) is 0 Å². The number of rotatable bonds is 5. The lowest BCUT2D eigenvalue weighted by Crippen LogP contribution is -2.22. The van der Waals surface area contributed by atoms with Crippen molar-refractivity contribution in [2.75, 3.05) is 28.3 Å². The van der Waals surface area contributed by atoms with E-state index in [4.69, 9.17) is 0 Å². The number of Topliss-reactive ketones (excluding diaryl/α,β-unsaturated/α-hetero) is 1. The number of hydrogen-bond acceptors (Lipinski definition) is 6. The van der Waals surface area contributed by atoms with Gasteiger partial charge in [0.25, 0.3) is 5.78 Å². The van der Waals surface area contributed by atoms with Gasteiger partial charge in [-0.25, -0.2) is 4.79 Å². The van der Waals surface area contributed by atoms with Crippen LogP contribution in [0.15, 0.2) is 11.8 Å². The summed E-state index contributed by atoms with van der Waals surface area (Å²) >= 11 is 0. The summed E-state index contributed by atoms with van der Waals surface area (Å²) in [5.74, 6) is -2.44. The maximum absolute atomic E-state index is 11.5. The van der Waals surface area contributed by atoms with Crippen LogP contribution in [-0.4, -0.2) is 50.9 Å². The van der Waals surface area contributed by atoms with Crippen LogP contribution in [-0.2, 0) is 23.9 Å². The second-order valence-electron chi connectivity index (χ2n) is 3.19. The lowest BCUT2D eigenvalue weighted by atomic mass is 10.1. The fourth-order valence-corrected chi connectivity index (χ4v) is 0.948. The average molecular weight is 229 g/mol. The van der Waals surface area contributed by atoms with E-state index in [2.05, 4.69) is 9.47 Å². The van der Waals surface area contributed by atoms with Crippen LogP contribution in [0, 0.1) is 0 Å². The van der Waals surface area contributed by atoms with Gasteiger partial charge in [-0.3, -0.25) is 9.59 Å². The Balaban J connectivity index is 4.88. The molecule has 0 rings (SSSR count). The maximum atomic E-state index is 11.5. The highest BCUT2D eigenvalue weighted by Gasteiger charge is 2.22. The zero-order chi connectivity index (χ0) is 12.7. The second kappa shape index (κ2) is 6.60. The normalized spacial score (nSPS) is 10.6. The first-order valence-corrected chi connectivity index (χ1v) is 4.49. The van der Waals surface area contributed by atoms with Gasteiger partial charge in [0.05, 0.1) is 20.6 Å². The van der Waals surface area contributed by atoms with Crippen molar-refractivity contribution in [1.82, 2.24) is 4.90 Å². The third kappa shape index (κ3) is 4.59. The van der Waals surface area contributed by atoms with Gasteiger partial charge in [-0.2, -0.15) is 0 Å². The summed E-state index contributed by atoms with van der Waals surface area (Å²) in [7, 11) is 5.65. The highest BCUT2D eigenvalue weighted by Crippen LogP contribution is 2.06. The van der Waals surface area contributed by atoms with E-state index in [1.165, 1.54) is 13.3 Å². The molecule has 0 aliphatic rings. The molecule has 0 aromatic heterocycles. The number of hydrogen-bond donors (Lipinski definition) is 0. The summed E-state index contributed by atoms with van der Waals surface area (Å²) in [5.41, 5.74) is 0.0312. The number of esters is 2. The zero-order valence-corrected chi connectivity index (χ0v) is 9.77. The number of carbonyl (C=O) groups excluding carboxylic acids is 3. The Labute approximate surface area is 93.8 Å². The molecule has 0 unspecified atom stereocenters. The number of carbonyl (C=O) groups is 3. The fourth-order valence-electron chi connectivity index (χ4n) is 0.948. The highest BCUT2D eigenvalue weighted by atomic mass is 16.5. The van der Waals surface area contributed by atoms with Crippen molar-refractivity contribution < 1.29 is 23.9 Å². The third-order valence-corrected chi connectivity index (χ3v) is 1.64. The molecule has 16 heavy (non-hydrogen) atoms. The molecule has 0 spiro atoms. The predicted octanol–water partition coefficient (Wildman–Crippen LogP) is -0.263. The Morgan fingerprint density at radius 1 is 1.12 bits per heavy atom. The van der Waals surface area contributed by atoms with Crippen molar-refractivity contribution in [2.45, 2.75) is 6.42 Å². The van der Waals surface area contributed by atoms with Crippen molar-refractivity contribution in [1.29, 1.82) is 0 Å². The van der Waals surface area contributed by atoms with Crippen LogP contribution in [0.2, 0.25) is 0 Å². The summed E-state index contributed by atoms with van der Waals surface area (Å²) in [6.07, 6.45) is 1.12. The minimum atomic E-state index is -1.00. The predicted molar refractivity (Wildman–Crippen MR) is 55.4 cm³/mol. The standard InChI is InChI=1S/C10H15NO5/c1-11(2)6-7(5-8(12)15-3)9(13)10(14)16-4/h6H,5H2,1-4H3/b7-6-. The minimum absolute atomic E-state index is 0.0312. The number of ketones is 1. The molecule has 0 aromatic rings. The zero-order valence-electron chi connectivity index (χ0n) is 9.77. The Bertz CT molecular complexity index is 319. The molecular formula is C10H15NO5. The van der Waals surface area contributed by atoms with Crippen LogP contribution in [0.1, 0.15) is 6.42 Å². The first-order valence-electron chi connectivity index (χ1n) is 4.49. The average Bonchev–Trinajstić information content (AvgIpc) is 2.25. The lowest BCUT2D eigenvalue weighted by molar-refractivity contribution is -0.150. The van der Waals surface area contributed by atoms with Crippen molar-refractivity contribution in [3.63, 3.8) is 0 Å². The van der Waals surface area contributed by atoms with E-state index in [9.17, 15) is 14.4 Å². The van der Waals surface area contributed by atoms with E-state index >= 15 is 0 Å². The molecule has 0 aliphatic heterocycles. The molecule has 0 heterocycles. The van der Waals surface area contributed by atoms with Gasteiger partial charge in [0.15, 0.2) is 0 Å². The number of methoxy groups -OCH3 is 2. The Morgan fingerprint density at radius 3 is 2.06 bits per heavy atom. The fraction of sp³-hybridized carbons (Fsp3) is 0.500. The van der Waals surface area contributed by atoms with Crippen molar-refractivity contribution >= 4 is 17.7 Å². The summed E-state index contributed by atoms with van der Waals surface area (Å²) in [6.45, 7) is 0. The van der Waals surface area contributed by atoms with Gasteiger partial charge in [0.1, 0.15) is 0 Å². The van der Waals surface area contributed by atoms with Crippen LogP contribution in [0.3, 0.4) is 0 Å². The SMILES string of the molecule is COC(=O)C/C(=C/N(C)C)C(=O)C(=O)OC. The summed E-state index contributed by atoms with van der Waals surface area (Å²) in [5, 5.41) is 0. The molecule has 0 N–H and O–H groups in total. The molecule has 0 saturated carbocycles. The maximum Gasteiger partial charge on any atom is 0.379 e. The van der Waals surface area contributed by atoms with Gasteiger partial charge < -0.3 is 14.4 Å². The lowest BCUT2D eigenvalue weighted by Gasteiger charge is -2.09. The summed E-state index contributed by atoms with van der Waals surface area (Å²) in [4.78, 5) is 35.1. The van der Waals surface area contributed by atoms with E-state index in [1.807, 2.05) is 0 Å². The highest BCUT2D eigenvalue weighted by molar-refractivity contribution is 6.40. The molecule has 6 heteroatoms. The molecule has 0 amide bonds. The van der Waals surface area contributed by atoms with E-state index in [0.29, 0.717) is 0 Å². The molecule has 0 atom stereocenters. The summed E-state index contributed by atoms with van der Waals surface area (Å²) < 4.78 is 8.71. The quantitative estimate of drug-likeness (QED) is 0.367. The van der Waals surface area contributed by atoms with Crippen molar-refractivity contribution in [3.8, 4) is 0 Å². The van der Waals surface area contributed by atoms with Crippen LogP contribution in [0.5, 0.6) is 0 Å². The van der Waals surface area contributed by atoms with Gasteiger partial charge in [-0.1, -0.05) is 0 Å². The minimum Gasteiger partial charge on any atom is -0.469 e. The summed E-state index contributed by atoms with van der Waals surface area (Å²) in [6, 6.07) is 0. The van der Waals surface area contributed by atoms with E-state index < -0.39 is 17.7 Å². The Kier molecular flexibility index (Phi) is 5.84. The molecular weight excluding hydrogens is 214 g/mol. The van der Waals surface area contributed by atoms with Gasteiger partial charge in [-0.05, 0) is 0 Å². The first-order chi connectivity index (χ1) is 7.42. The van der Waals surface area contributed by atoms with Gasteiger partial charge in [-0.15, -0.1) is 0 Å². The van der Waals surface area contributed by atoms with Crippen molar-refractivity contribution in [3.05, 3.63) is 11.8 Å². The molecule has 90 valence electrons. The van der Waals surface area contributed by atoms with Crippen molar-refractivity contribution in [2.24, 2.45) is 0 Å².